The van der Waals surface area contributed by atoms with E-state index in [2.05, 4.69) is 16.0 Å². The van der Waals surface area contributed by atoms with Gasteiger partial charge in [-0.25, -0.2) is 4.98 Å². The molecule has 0 aliphatic heterocycles. The Bertz CT molecular complexity index is 561. The van der Waals surface area contributed by atoms with Crippen LogP contribution in [0.1, 0.15) is 24.8 Å². The van der Waals surface area contributed by atoms with E-state index in [0.717, 1.165) is 23.0 Å². The third-order valence-corrected chi connectivity index (χ3v) is 3.23. The lowest BCUT2D eigenvalue weighted by Crippen LogP contribution is -2.07. The number of rotatable bonds is 3. The number of aromatic amines is 1. The first kappa shape index (κ1) is 10.3. The summed E-state index contributed by atoms with van der Waals surface area (Å²) in [6.45, 7) is 2.29. The molecule has 4 nitrogen and oxygen atoms in total. The lowest BCUT2D eigenvalue weighted by atomic mass is 10.1. The Morgan fingerprint density at radius 2 is 2.53 bits per heavy atom. The highest BCUT2D eigenvalue weighted by Gasteiger charge is 2.45. The zero-order valence-corrected chi connectivity index (χ0v) is 9.64. The highest BCUT2D eigenvalue weighted by atomic mass is 16.5. The summed E-state index contributed by atoms with van der Waals surface area (Å²) in [5, 5.41) is 1.09. The maximum Gasteiger partial charge on any atom is 0.309 e. The fourth-order valence-corrected chi connectivity index (χ4v) is 2.23. The molecule has 3 rings (SSSR count). The molecule has 0 spiro atoms. The molecular formula is C13H14N2O2. The van der Waals surface area contributed by atoms with Gasteiger partial charge in [0, 0.05) is 17.8 Å². The molecule has 1 aliphatic carbocycles. The minimum absolute atomic E-state index is 0.0353. The van der Waals surface area contributed by atoms with Crippen LogP contribution >= 0.6 is 0 Å². The van der Waals surface area contributed by atoms with Crippen molar-refractivity contribution in [3.05, 3.63) is 30.1 Å². The largest absolute Gasteiger partial charge is 0.466 e. The van der Waals surface area contributed by atoms with Crippen molar-refractivity contribution in [2.75, 3.05) is 6.61 Å². The van der Waals surface area contributed by atoms with Gasteiger partial charge in [0.05, 0.1) is 12.5 Å². The Labute approximate surface area is 99.0 Å². The molecule has 1 saturated carbocycles. The van der Waals surface area contributed by atoms with Crippen LogP contribution in [-0.2, 0) is 9.53 Å². The number of carbonyl (C=O) groups is 1. The average Bonchev–Trinajstić information content (AvgIpc) is 3.00. The van der Waals surface area contributed by atoms with E-state index in [-0.39, 0.29) is 11.9 Å². The van der Waals surface area contributed by atoms with Gasteiger partial charge in [0.15, 0.2) is 0 Å². The van der Waals surface area contributed by atoms with Gasteiger partial charge in [0.2, 0.25) is 0 Å². The summed E-state index contributed by atoms with van der Waals surface area (Å²) in [7, 11) is 0. The first-order chi connectivity index (χ1) is 8.29. The third kappa shape index (κ3) is 1.79. The van der Waals surface area contributed by atoms with Crippen molar-refractivity contribution in [2.45, 2.75) is 19.3 Å². The van der Waals surface area contributed by atoms with E-state index in [1.807, 2.05) is 25.4 Å². The van der Waals surface area contributed by atoms with Crippen LogP contribution in [0.5, 0.6) is 0 Å². The smallest absolute Gasteiger partial charge is 0.309 e. The maximum atomic E-state index is 11.6. The SMILES string of the molecule is CCOC(=O)[C@@H]1CC1c1cnc2[nH]ccc2c1. The molecule has 0 bridgehead atoms. The Morgan fingerprint density at radius 1 is 1.65 bits per heavy atom. The van der Waals surface area contributed by atoms with Crippen LogP contribution < -0.4 is 0 Å². The highest BCUT2D eigenvalue weighted by Crippen LogP contribution is 2.48. The molecule has 2 aromatic heterocycles. The molecule has 17 heavy (non-hydrogen) atoms. The minimum atomic E-state index is -0.0772. The number of pyridine rings is 1. The monoisotopic (exact) mass is 230 g/mol. The highest BCUT2D eigenvalue weighted by molar-refractivity contribution is 5.79. The molecule has 88 valence electrons. The molecule has 1 fully saturated rings. The number of esters is 1. The van der Waals surface area contributed by atoms with Crippen molar-refractivity contribution in [1.29, 1.82) is 0 Å². The molecule has 2 atom stereocenters. The third-order valence-electron chi connectivity index (χ3n) is 3.23. The van der Waals surface area contributed by atoms with Crippen molar-refractivity contribution in [2.24, 2.45) is 5.92 Å². The Balaban J connectivity index is 1.79. The van der Waals surface area contributed by atoms with Crippen LogP contribution in [0.15, 0.2) is 24.5 Å². The molecular weight excluding hydrogens is 216 g/mol. The van der Waals surface area contributed by atoms with Crippen molar-refractivity contribution >= 4 is 17.0 Å². The first-order valence-corrected chi connectivity index (χ1v) is 5.89. The lowest BCUT2D eigenvalue weighted by Gasteiger charge is -2.01. The van der Waals surface area contributed by atoms with Crippen molar-refractivity contribution in [3.63, 3.8) is 0 Å². The van der Waals surface area contributed by atoms with Gasteiger partial charge in [0.25, 0.3) is 0 Å². The number of fused-ring (bicyclic) bond motifs is 1. The van der Waals surface area contributed by atoms with Crippen LogP contribution in [0.25, 0.3) is 11.0 Å². The Hall–Kier alpha value is -1.84. The first-order valence-electron chi connectivity index (χ1n) is 5.89. The van der Waals surface area contributed by atoms with E-state index in [1.165, 1.54) is 0 Å². The van der Waals surface area contributed by atoms with Gasteiger partial charge in [-0.05, 0) is 37.0 Å². The number of hydrogen-bond acceptors (Lipinski definition) is 3. The predicted octanol–water partition coefficient (Wildman–Crippen LogP) is 2.23. The average molecular weight is 230 g/mol. The predicted molar refractivity (Wildman–Crippen MR) is 63.6 cm³/mol. The molecule has 0 radical (unpaired) electrons. The number of ether oxygens (including phenoxy) is 1. The molecule has 0 amide bonds. The van der Waals surface area contributed by atoms with Crippen molar-refractivity contribution in [3.8, 4) is 0 Å². The van der Waals surface area contributed by atoms with Gasteiger partial charge in [-0.2, -0.15) is 0 Å². The van der Waals surface area contributed by atoms with E-state index >= 15 is 0 Å². The van der Waals surface area contributed by atoms with E-state index in [9.17, 15) is 4.79 Å². The maximum absolute atomic E-state index is 11.6. The summed E-state index contributed by atoms with van der Waals surface area (Å²) in [4.78, 5) is 18.9. The van der Waals surface area contributed by atoms with Crippen molar-refractivity contribution < 1.29 is 9.53 Å². The van der Waals surface area contributed by atoms with Gasteiger partial charge in [-0.1, -0.05) is 0 Å². The molecule has 1 N–H and O–H groups in total. The fourth-order valence-electron chi connectivity index (χ4n) is 2.23. The summed E-state index contributed by atoms with van der Waals surface area (Å²) in [5.74, 6) is 0.251. The van der Waals surface area contributed by atoms with Crippen LogP contribution in [0.4, 0.5) is 0 Å². The second kappa shape index (κ2) is 3.87. The molecule has 2 aromatic rings. The minimum Gasteiger partial charge on any atom is -0.466 e. The number of nitrogens with zero attached hydrogens (tertiary/aromatic N) is 1. The van der Waals surface area contributed by atoms with Crippen LogP contribution in [0, 0.1) is 5.92 Å². The topological polar surface area (TPSA) is 55.0 Å². The molecule has 0 aromatic carbocycles. The molecule has 0 saturated heterocycles. The van der Waals surface area contributed by atoms with Gasteiger partial charge in [0.1, 0.15) is 5.65 Å². The second-order valence-electron chi connectivity index (χ2n) is 4.38. The number of aromatic nitrogens is 2. The van der Waals surface area contributed by atoms with Gasteiger partial charge < -0.3 is 9.72 Å². The Kier molecular flexibility index (Phi) is 2.35. The summed E-state index contributed by atoms with van der Waals surface area (Å²) in [6.07, 6.45) is 4.61. The van der Waals surface area contributed by atoms with E-state index in [4.69, 9.17) is 4.74 Å². The fraction of sp³-hybridized carbons (Fsp3) is 0.385. The molecule has 1 aliphatic rings. The van der Waals surface area contributed by atoms with E-state index in [0.29, 0.717) is 12.5 Å². The second-order valence-corrected chi connectivity index (χ2v) is 4.38. The van der Waals surface area contributed by atoms with Gasteiger partial charge in [-0.3, -0.25) is 4.79 Å². The summed E-state index contributed by atoms with van der Waals surface area (Å²) in [5.41, 5.74) is 2.03. The number of H-pyrrole nitrogens is 1. The number of carbonyl (C=O) groups excluding carboxylic acids is 1. The normalized spacial score (nSPS) is 22.6. The molecule has 1 unspecified atom stereocenters. The summed E-state index contributed by atoms with van der Waals surface area (Å²) < 4.78 is 5.02. The van der Waals surface area contributed by atoms with Gasteiger partial charge in [-0.15, -0.1) is 0 Å². The Morgan fingerprint density at radius 3 is 3.35 bits per heavy atom. The summed E-state index contributed by atoms with van der Waals surface area (Å²) >= 11 is 0. The zero-order chi connectivity index (χ0) is 11.8. The van der Waals surface area contributed by atoms with Crippen LogP contribution in [0.2, 0.25) is 0 Å². The van der Waals surface area contributed by atoms with E-state index < -0.39 is 0 Å². The van der Waals surface area contributed by atoms with Crippen LogP contribution in [0.3, 0.4) is 0 Å². The number of nitrogens with one attached hydrogen (secondary N) is 1. The van der Waals surface area contributed by atoms with Crippen molar-refractivity contribution in [1.82, 2.24) is 9.97 Å². The van der Waals surface area contributed by atoms with Crippen LogP contribution in [-0.4, -0.2) is 22.5 Å². The standard InChI is InChI=1S/C13H14N2O2/c1-2-17-13(16)11-6-10(11)9-5-8-3-4-14-12(8)15-7-9/h3-5,7,10-11H,2,6H2,1H3,(H,14,15)/t10?,11-/m1/s1. The quantitative estimate of drug-likeness (QED) is 0.822. The van der Waals surface area contributed by atoms with E-state index in [1.54, 1.807) is 0 Å². The number of hydrogen-bond donors (Lipinski definition) is 1. The molecule has 2 heterocycles. The summed E-state index contributed by atoms with van der Waals surface area (Å²) in [6, 6.07) is 4.09. The molecule has 4 heteroatoms. The zero-order valence-electron chi connectivity index (χ0n) is 9.64. The lowest BCUT2D eigenvalue weighted by molar-refractivity contribution is -0.144. The van der Waals surface area contributed by atoms with Gasteiger partial charge >= 0.3 is 5.97 Å².